The first-order valence-corrected chi connectivity index (χ1v) is 6.22. The Morgan fingerprint density at radius 3 is 2.60 bits per heavy atom. The summed E-state index contributed by atoms with van der Waals surface area (Å²) in [5, 5.41) is 3.23. The van der Waals surface area contributed by atoms with Gasteiger partial charge in [-0.2, -0.15) is 0 Å². The third-order valence-electron chi connectivity index (χ3n) is 2.43. The van der Waals surface area contributed by atoms with Crippen molar-refractivity contribution in [2.45, 2.75) is 6.92 Å². The Morgan fingerprint density at radius 2 is 2.00 bits per heavy atom. The van der Waals surface area contributed by atoms with Gasteiger partial charge in [-0.1, -0.05) is 11.6 Å². The van der Waals surface area contributed by atoms with E-state index in [0.29, 0.717) is 28.6 Å². The topological polar surface area (TPSA) is 51.2 Å². The van der Waals surface area contributed by atoms with Crippen LogP contribution in [0.2, 0.25) is 5.02 Å². The van der Waals surface area contributed by atoms with Crippen LogP contribution < -0.4 is 10.1 Å². The number of hydrogen-bond acceptors (Lipinski definition) is 3. The molecule has 1 aromatic carbocycles. The minimum Gasteiger partial charge on any atom is -0.492 e. The van der Waals surface area contributed by atoms with Crippen molar-refractivity contribution < 1.29 is 9.53 Å². The summed E-state index contributed by atoms with van der Waals surface area (Å²) >= 11 is 6.05. The molecule has 0 unspecified atom stereocenters. The normalized spacial score (nSPS) is 9.50. The van der Waals surface area contributed by atoms with E-state index in [1.165, 1.54) is 0 Å². The second-order valence-corrected chi connectivity index (χ2v) is 4.18. The molecule has 0 spiro atoms. The van der Waals surface area contributed by atoms with Crippen LogP contribution in [0.15, 0.2) is 42.7 Å². The maximum atomic E-state index is 11.9. The number of aromatic nitrogens is 1. The molecular formula is C14H14Cl2N2O2. The van der Waals surface area contributed by atoms with Gasteiger partial charge in [0.05, 0.1) is 11.6 Å². The van der Waals surface area contributed by atoms with Crippen molar-refractivity contribution >= 4 is 35.6 Å². The zero-order chi connectivity index (χ0) is 13.7. The Balaban J connectivity index is 0.00000200. The SMILES string of the molecule is CCOc1ccc(NC(=O)c2ccncc2)cc1Cl.Cl. The Hall–Kier alpha value is -1.78. The Bertz CT molecular complexity index is 577. The fourth-order valence-electron chi connectivity index (χ4n) is 1.56. The Labute approximate surface area is 128 Å². The van der Waals surface area contributed by atoms with Crippen LogP contribution in [0.25, 0.3) is 0 Å². The molecule has 0 aliphatic rings. The van der Waals surface area contributed by atoms with Crippen molar-refractivity contribution in [3.05, 3.63) is 53.3 Å². The van der Waals surface area contributed by atoms with E-state index in [0.717, 1.165) is 0 Å². The highest BCUT2D eigenvalue weighted by molar-refractivity contribution is 6.32. The molecule has 0 aliphatic heterocycles. The molecule has 0 aliphatic carbocycles. The van der Waals surface area contributed by atoms with Crippen molar-refractivity contribution in [3.8, 4) is 5.75 Å². The van der Waals surface area contributed by atoms with Gasteiger partial charge in [0.25, 0.3) is 5.91 Å². The number of pyridine rings is 1. The molecule has 6 heteroatoms. The van der Waals surface area contributed by atoms with Crippen LogP contribution in [0, 0.1) is 0 Å². The lowest BCUT2D eigenvalue weighted by molar-refractivity contribution is 0.102. The molecule has 0 radical (unpaired) electrons. The third kappa shape index (κ3) is 4.11. The van der Waals surface area contributed by atoms with E-state index >= 15 is 0 Å². The van der Waals surface area contributed by atoms with Crippen molar-refractivity contribution in [2.24, 2.45) is 0 Å². The Kier molecular flexibility index (Phi) is 6.28. The fraction of sp³-hybridized carbons (Fsp3) is 0.143. The quantitative estimate of drug-likeness (QED) is 0.934. The molecule has 2 aromatic rings. The number of halogens is 2. The molecule has 20 heavy (non-hydrogen) atoms. The summed E-state index contributed by atoms with van der Waals surface area (Å²) < 4.78 is 5.33. The number of nitrogens with one attached hydrogen (secondary N) is 1. The van der Waals surface area contributed by atoms with Gasteiger partial charge in [-0.05, 0) is 37.3 Å². The van der Waals surface area contributed by atoms with Gasteiger partial charge in [-0.3, -0.25) is 9.78 Å². The molecule has 1 aromatic heterocycles. The van der Waals surface area contributed by atoms with Gasteiger partial charge in [-0.15, -0.1) is 12.4 Å². The van der Waals surface area contributed by atoms with Crippen molar-refractivity contribution in [1.29, 1.82) is 0 Å². The van der Waals surface area contributed by atoms with Crippen LogP contribution in [0.4, 0.5) is 5.69 Å². The lowest BCUT2D eigenvalue weighted by Crippen LogP contribution is -2.11. The lowest BCUT2D eigenvalue weighted by atomic mass is 10.2. The van der Waals surface area contributed by atoms with Gasteiger partial charge in [0.1, 0.15) is 5.75 Å². The van der Waals surface area contributed by atoms with Gasteiger partial charge < -0.3 is 10.1 Å². The van der Waals surface area contributed by atoms with Crippen molar-refractivity contribution in [1.82, 2.24) is 4.98 Å². The molecule has 2 rings (SSSR count). The average Bonchev–Trinajstić information content (AvgIpc) is 2.43. The van der Waals surface area contributed by atoms with E-state index < -0.39 is 0 Å². The molecule has 1 heterocycles. The summed E-state index contributed by atoms with van der Waals surface area (Å²) in [4.78, 5) is 15.8. The molecular weight excluding hydrogens is 299 g/mol. The minimum atomic E-state index is -0.206. The molecule has 0 saturated heterocycles. The standard InChI is InChI=1S/C14H13ClN2O2.ClH/c1-2-19-13-4-3-11(9-12(13)15)17-14(18)10-5-7-16-8-6-10;/h3-9H,2H2,1H3,(H,17,18);1H. The predicted molar refractivity (Wildman–Crippen MR) is 82.1 cm³/mol. The van der Waals surface area contributed by atoms with Gasteiger partial charge in [0, 0.05) is 23.6 Å². The zero-order valence-corrected chi connectivity index (χ0v) is 12.4. The van der Waals surface area contributed by atoms with Gasteiger partial charge in [-0.25, -0.2) is 0 Å². The second-order valence-electron chi connectivity index (χ2n) is 3.77. The van der Waals surface area contributed by atoms with E-state index in [2.05, 4.69) is 10.3 Å². The molecule has 0 atom stereocenters. The second kappa shape index (κ2) is 7.72. The fourth-order valence-corrected chi connectivity index (χ4v) is 1.79. The largest absolute Gasteiger partial charge is 0.492 e. The minimum absolute atomic E-state index is 0. The molecule has 1 N–H and O–H groups in total. The number of rotatable bonds is 4. The molecule has 0 bridgehead atoms. The molecule has 0 fully saturated rings. The van der Waals surface area contributed by atoms with E-state index in [4.69, 9.17) is 16.3 Å². The van der Waals surface area contributed by atoms with Gasteiger partial charge in [0.2, 0.25) is 0 Å². The van der Waals surface area contributed by atoms with E-state index in [1.54, 1.807) is 42.7 Å². The summed E-state index contributed by atoms with van der Waals surface area (Å²) in [5.41, 5.74) is 1.16. The zero-order valence-electron chi connectivity index (χ0n) is 10.8. The van der Waals surface area contributed by atoms with E-state index in [-0.39, 0.29) is 18.3 Å². The Morgan fingerprint density at radius 1 is 1.30 bits per heavy atom. The monoisotopic (exact) mass is 312 g/mol. The molecule has 106 valence electrons. The van der Waals surface area contributed by atoms with Crippen LogP contribution in [-0.2, 0) is 0 Å². The lowest BCUT2D eigenvalue weighted by Gasteiger charge is -2.09. The average molecular weight is 313 g/mol. The first-order chi connectivity index (χ1) is 9.20. The number of carbonyl (C=O) groups is 1. The third-order valence-corrected chi connectivity index (χ3v) is 2.73. The number of anilines is 1. The maximum absolute atomic E-state index is 11.9. The first-order valence-electron chi connectivity index (χ1n) is 5.84. The van der Waals surface area contributed by atoms with Crippen LogP contribution in [0.5, 0.6) is 5.75 Å². The smallest absolute Gasteiger partial charge is 0.255 e. The van der Waals surface area contributed by atoms with Gasteiger partial charge >= 0.3 is 0 Å². The molecule has 0 saturated carbocycles. The highest BCUT2D eigenvalue weighted by Gasteiger charge is 2.07. The predicted octanol–water partition coefficient (Wildman–Crippen LogP) is 3.81. The summed E-state index contributed by atoms with van der Waals surface area (Å²) in [6.07, 6.45) is 3.14. The highest BCUT2D eigenvalue weighted by Crippen LogP contribution is 2.27. The van der Waals surface area contributed by atoms with Crippen LogP contribution >= 0.6 is 24.0 Å². The number of amides is 1. The van der Waals surface area contributed by atoms with E-state index in [9.17, 15) is 4.79 Å². The van der Waals surface area contributed by atoms with Crippen molar-refractivity contribution in [3.63, 3.8) is 0 Å². The number of hydrogen-bond donors (Lipinski definition) is 1. The first kappa shape index (κ1) is 16.3. The number of carbonyl (C=O) groups excluding carboxylic acids is 1. The highest BCUT2D eigenvalue weighted by atomic mass is 35.5. The molecule has 4 nitrogen and oxygen atoms in total. The van der Waals surface area contributed by atoms with Crippen LogP contribution in [0.3, 0.4) is 0 Å². The maximum Gasteiger partial charge on any atom is 0.255 e. The summed E-state index contributed by atoms with van der Waals surface area (Å²) in [5.74, 6) is 0.397. The van der Waals surface area contributed by atoms with Crippen molar-refractivity contribution in [2.75, 3.05) is 11.9 Å². The van der Waals surface area contributed by atoms with E-state index in [1.807, 2.05) is 6.92 Å². The number of ether oxygens (including phenoxy) is 1. The van der Waals surface area contributed by atoms with Crippen LogP contribution in [0.1, 0.15) is 17.3 Å². The summed E-state index contributed by atoms with van der Waals surface area (Å²) in [7, 11) is 0. The van der Waals surface area contributed by atoms with Gasteiger partial charge in [0.15, 0.2) is 0 Å². The summed E-state index contributed by atoms with van der Waals surface area (Å²) in [6.45, 7) is 2.43. The molecule has 1 amide bonds. The number of nitrogens with zero attached hydrogens (tertiary/aromatic N) is 1. The van der Waals surface area contributed by atoms with Crippen LogP contribution in [-0.4, -0.2) is 17.5 Å². The number of benzene rings is 1. The summed E-state index contributed by atoms with van der Waals surface area (Å²) in [6, 6.07) is 8.42.